The van der Waals surface area contributed by atoms with E-state index >= 15 is 0 Å². The zero-order valence-corrected chi connectivity index (χ0v) is 6.37. The minimum Gasteiger partial charge on any atom is -0.412 e. The van der Waals surface area contributed by atoms with Crippen LogP contribution in [0.4, 0.5) is 0 Å². The minimum absolute atomic E-state index is 0. The Kier molecular flexibility index (Phi) is 21900. The molecule has 6 heavy (non-hydrogen) atoms. The molecule has 0 atom stereocenters. The summed E-state index contributed by atoms with van der Waals surface area (Å²) in [5.74, 6) is 0. The number of rotatable bonds is 0. The molecule has 43 valence electrons. The first-order valence-corrected chi connectivity index (χ1v) is 0. The summed E-state index contributed by atoms with van der Waals surface area (Å²) in [6.07, 6.45) is 0. The van der Waals surface area contributed by atoms with Gasteiger partial charge in [-0.1, -0.05) is 0 Å². The molecule has 0 bridgehead atoms. The fraction of sp³-hybridized carbons (Fsp3) is 0. The van der Waals surface area contributed by atoms with Gasteiger partial charge in [-0.25, -0.2) is 0 Å². The molecule has 0 aromatic heterocycles. The molecule has 0 saturated carbocycles. The zero-order chi connectivity index (χ0) is 0. The summed E-state index contributed by atoms with van der Waals surface area (Å²) in [5.41, 5.74) is 0. The summed E-state index contributed by atoms with van der Waals surface area (Å²) in [5, 5.41) is 0. The van der Waals surface area contributed by atoms with Crippen molar-refractivity contribution < 1.29 is 27.4 Å². The predicted octanol–water partition coefficient (Wildman–Crippen LogP) is -4.50. The van der Waals surface area contributed by atoms with E-state index in [-0.39, 0.29) is 53.2 Å². The monoisotopic (exact) mass is 205 g/mol. The van der Waals surface area contributed by atoms with Crippen molar-refractivity contribution in [1.29, 1.82) is 0 Å². The number of hydrogen-bond donors (Lipinski definition) is 0. The summed E-state index contributed by atoms with van der Waals surface area (Å²) in [4.78, 5) is 0. The van der Waals surface area contributed by atoms with Gasteiger partial charge in [0.15, 0.2) is 0 Å². The molecular formula is H10InO5. The van der Waals surface area contributed by atoms with Gasteiger partial charge in [-0.15, -0.1) is 0 Å². The Morgan fingerprint density at radius 3 is 0.333 bits per heavy atom. The zero-order valence-electron chi connectivity index (χ0n) is 3.08. The molecule has 0 amide bonds. The maximum atomic E-state index is 0. The van der Waals surface area contributed by atoms with Gasteiger partial charge in [-0.2, -0.15) is 0 Å². The first-order chi connectivity index (χ1) is 0. The molecular weight excluding hydrogens is 195 g/mol. The maximum absolute atomic E-state index is 0. The standard InChI is InChI=1S/In.5H2O/h;5*1H2. The van der Waals surface area contributed by atoms with Crippen molar-refractivity contribution in [3.05, 3.63) is 0 Å². The molecule has 5 nitrogen and oxygen atoms in total. The van der Waals surface area contributed by atoms with Crippen LogP contribution in [0, 0.1) is 0 Å². The van der Waals surface area contributed by atoms with Gasteiger partial charge in [-0.05, 0) is 0 Å². The molecule has 0 aliphatic heterocycles. The van der Waals surface area contributed by atoms with E-state index in [1.165, 1.54) is 0 Å². The van der Waals surface area contributed by atoms with Crippen LogP contribution in [0.3, 0.4) is 0 Å². The van der Waals surface area contributed by atoms with Crippen molar-refractivity contribution in [2.24, 2.45) is 0 Å². The second-order valence-corrected chi connectivity index (χ2v) is 0. The van der Waals surface area contributed by atoms with Crippen LogP contribution in [0.25, 0.3) is 0 Å². The van der Waals surface area contributed by atoms with Gasteiger partial charge < -0.3 is 27.4 Å². The quantitative estimate of drug-likeness (QED) is 0.373. The smallest absolute Gasteiger partial charge is 0 e. The number of hydrogen-bond acceptors (Lipinski definition) is 0. The average molecular weight is 205 g/mol. The Balaban J connectivity index is 0. The van der Waals surface area contributed by atoms with Crippen LogP contribution in [-0.4, -0.2) is 53.2 Å². The van der Waals surface area contributed by atoms with Crippen molar-refractivity contribution in [1.82, 2.24) is 0 Å². The van der Waals surface area contributed by atoms with Gasteiger partial charge in [0, 0.05) is 25.8 Å². The van der Waals surface area contributed by atoms with Gasteiger partial charge in [-0.3, -0.25) is 0 Å². The first-order valence-electron chi connectivity index (χ1n) is 0. The van der Waals surface area contributed by atoms with E-state index in [1.54, 1.807) is 0 Å². The van der Waals surface area contributed by atoms with E-state index in [4.69, 9.17) is 0 Å². The molecule has 0 rings (SSSR count). The maximum Gasteiger partial charge on any atom is 0 e. The Morgan fingerprint density at radius 2 is 0.333 bits per heavy atom. The van der Waals surface area contributed by atoms with E-state index in [9.17, 15) is 0 Å². The molecule has 0 aromatic rings. The topological polar surface area (TPSA) is 158 Å². The predicted molar refractivity (Wildman–Crippen MR) is 23.8 cm³/mol. The van der Waals surface area contributed by atoms with Crippen molar-refractivity contribution >= 4 is 25.8 Å². The molecule has 0 saturated heterocycles. The minimum atomic E-state index is 0. The Morgan fingerprint density at radius 1 is 0.333 bits per heavy atom. The second kappa shape index (κ2) is 275. The van der Waals surface area contributed by atoms with Gasteiger partial charge in [0.1, 0.15) is 0 Å². The molecule has 0 aromatic carbocycles. The molecule has 0 aliphatic rings. The van der Waals surface area contributed by atoms with Crippen LogP contribution in [-0.2, 0) is 0 Å². The molecule has 0 spiro atoms. The van der Waals surface area contributed by atoms with Crippen LogP contribution < -0.4 is 0 Å². The summed E-state index contributed by atoms with van der Waals surface area (Å²) in [7, 11) is 0. The van der Waals surface area contributed by atoms with Gasteiger partial charge >= 0.3 is 0 Å². The Labute approximate surface area is 53.7 Å². The largest absolute Gasteiger partial charge is 0.412 e. The third kappa shape index (κ3) is 140. The molecule has 0 heterocycles. The first kappa shape index (κ1) is 478. The van der Waals surface area contributed by atoms with Crippen LogP contribution >= 0.6 is 0 Å². The molecule has 10 N–H and O–H groups in total. The second-order valence-electron chi connectivity index (χ2n) is 0. The molecule has 0 aliphatic carbocycles. The molecule has 6 heteroatoms. The third-order valence-electron chi connectivity index (χ3n) is 0. The summed E-state index contributed by atoms with van der Waals surface area (Å²) < 4.78 is 0. The fourth-order valence-electron chi connectivity index (χ4n) is 0. The van der Waals surface area contributed by atoms with Gasteiger partial charge in [0.25, 0.3) is 0 Å². The Bertz CT molecular complexity index is 3.90. The van der Waals surface area contributed by atoms with E-state index in [2.05, 4.69) is 0 Å². The SMILES string of the molecule is O.O.O.O.O.[In]. The van der Waals surface area contributed by atoms with E-state index in [0.29, 0.717) is 0 Å². The van der Waals surface area contributed by atoms with Crippen LogP contribution in [0.2, 0.25) is 0 Å². The van der Waals surface area contributed by atoms with E-state index in [0.717, 1.165) is 0 Å². The third-order valence-corrected chi connectivity index (χ3v) is 0. The average Bonchev–Trinajstić information content (AvgIpc) is 0. The van der Waals surface area contributed by atoms with Crippen molar-refractivity contribution in [3.63, 3.8) is 0 Å². The Hall–Kier alpha value is 0.670. The van der Waals surface area contributed by atoms with Crippen LogP contribution in [0.1, 0.15) is 0 Å². The van der Waals surface area contributed by atoms with E-state index < -0.39 is 0 Å². The summed E-state index contributed by atoms with van der Waals surface area (Å²) in [6, 6.07) is 0. The van der Waals surface area contributed by atoms with Crippen LogP contribution in [0.15, 0.2) is 0 Å². The molecule has 0 unspecified atom stereocenters. The van der Waals surface area contributed by atoms with Crippen molar-refractivity contribution in [3.8, 4) is 0 Å². The summed E-state index contributed by atoms with van der Waals surface area (Å²) in [6.45, 7) is 0. The van der Waals surface area contributed by atoms with Crippen molar-refractivity contribution in [2.75, 3.05) is 0 Å². The van der Waals surface area contributed by atoms with Gasteiger partial charge in [0.05, 0.1) is 0 Å². The molecule has 3 radical (unpaired) electrons. The van der Waals surface area contributed by atoms with Crippen LogP contribution in [0.5, 0.6) is 0 Å². The van der Waals surface area contributed by atoms with Gasteiger partial charge in [0.2, 0.25) is 0 Å². The summed E-state index contributed by atoms with van der Waals surface area (Å²) >= 11 is 0. The molecule has 0 fully saturated rings. The normalized spacial score (nSPS) is 0. The fourth-order valence-corrected chi connectivity index (χ4v) is 0. The van der Waals surface area contributed by atoms with Crippen molar-refractivity contribution in [2.45, 2.75) is 0 Å². The van der Waals surface area contributed by atoms with E-state index in [1.807, 2.05) is 0 Å².